The summed E-state index contributed by atoms with van der Waals surface area (Å²) in [5, 5.41) is 3.67. The molecule has 2 rings (SSSR count). The first-order chi connectivity index (χ1) is 8.91. The van der Waals surface area contributed by atoms with Crippen molar-refractivity contribution >= 4 is 10.0 Å². The molecule has 7 nitrogen and oxygen atoms in total. The van der Waals surface area contributed by atoms with Gasteiger partial charge in [0.05, 0.1) is 12.1 Å². The molecule has 1 aromatic rings. The lowest BCUT2D eigenvalue weighted by Crippen LogP contribution is -2.64. The minimum atomic E-state index is -3.50. The SMILES string of the molecule is CCOC1CC(N)C1NS(=O)(=O)Cc1cc(C)on1. The number of nitrogens with two attached hydrogens (primary N) is 1. The van der Waals surface area contributed by atoms with E-state index in [0.29, 0.717) is 24.5 Å². The number of aromatic nitrogens is 1. The van der Waals surface area contributed by atoms with Crippen LogP contribution in [0.1, 0.15) is 24.8 Å². The van der Waals surface area contributed by atoms with E-state index in [-0.39, 0.29) is 23.9 Å². The zero-order valence-electron chi connectivity index (χ0n) is 11.0. The normalized spacial score (nSPS) is 27.2. The van der Waals surface area contributed by atoms with E-state index in [1.807, 2.05) is 6.92 Å². The first-order valence-corrected chi connectivity index (χ1v) is 7.86. The van der Waals surface area contributed by atoms with Crippen LogP contribution in [0.25, 0.3) is 0 Å². The number of nitrogens with one attached hydrogen (secondary N) is 1. The molecule has 1 saturated carbocycles. The fourth-order valence-corrected chi connectivity index (χ4v) is 3.47. The Morgan fingerprint density at radius 3 is 2.89 bits per heavy atom. The van der Waals surface area contributed by atoms with Crippen LogP contribution in [0.4, 0.5) is 0 Å². The summed E-state index contributed by atoms with van der Waals surface area (Å²) in [4.78, 5) is 0. The topological polar surface area (TPSA) is 107 Å². The molecule has 3 N–H and O–H groups in total. The van der Waals surface area contributed by atoms with Gasteiger partial charge in [0.2, 0.25) is 10.0 Å². The van der Waals surface area contributed by atoms with Crippen LogP contribution < -0.4 is 10.5 Å². The highest BCUT2D eigenvalue weighted by Gasteiger charge is 2.41. The lowest BCUT2D eigenvalue weighted by molar-refractivity contribution is -0.0248. The van der Waals surface area contributed by atoms with Crippen LogP contribution in [0.2, 0.25) is 0 Å². The molecule has 0 amide bonds. The van der Waals surface area contributed by atoms with E-state index in [1.54, 1.807) is 13.0 Å². The van der Waals surface area contributed by atoms with E-state index in [0.717, 1.165) is 0 Å². The Morgan fingerprint density at radius 2 is 2.37 bits per heavy atom. The second-order valence-electron chi connectivity index (χ2n) is 4.72. The van der Waals surface area contributed by atoms with E-state index in [2.05, 4.69) is 9.88 Å². The smallest absolute Gasteiger partial charge is 0.217 e. The zero-order valence-corrected chi connectivity index (χ0v) is 11.8. The fraction of sp³-hybridized carbons (Fsp3) is 0.727. The van der Waals surface area contributed by atoms with Crippen molar-refractivity contribution in [1.82, 2.24) is 9.88 Å². The van der Waals surface area contributed by atoms with Gasteiger partial charge in [-0.25, -0.2) is 13.1 Å². The molecule has 0 spiro atoms. The van der Waals surface area contributed by atoms with Crippen LogP contribution in [0, 0.1) is 6.92 Å². The summed E-state index contributed by atoms with van der Waals surface area (Å²) in [7, 11) is -3.50. The van der Waals surface area contributed by atoms with Gasteiger partial charge in [-0.2, -0.15) is 0 Å². The monoisotopic (exact) mass is 289 g/mol. The van der Waals surface area contributed by atoms with Gasteiger partial charge in [-0.15, -0.1) is 0 Å². The third-order valence-electron chi connectivity index (χ3n) is 3.08. The highest BCUT2D eigenvalue weighted by Crippen LogP contribution is 2.23. The van der Waals surface area contributed by atoms with Crippen LogP contribution in [-0.2, 0) is 20.5 Å². The summed E-state index contributed by atoms with van der Waals surface area (Å²) in [6.45, 7) is 4.12. The van der Waals surface area contributed by atoms with Crippen LogP contribution in [0.3, 0.4) is 0 Å². The molecule has 1 aliphatic carbocycles. The van der Waals surface area contributed by atoms with Crippen LogP contribution >= 0.6 is 0 Å². The molecule has 19 heavy (non-hydrogen) atoms. The van der Waals surface area contributed by atoms with Crippen LogP contribution in [0.5, 0.6) is 0 Å². The molecule has 1 aliphatic rings. The average molecular weight is 289 g/mol. The number of hydrogen-bond acceptors (Lipinski definition) is 6. The summed E-state index contributed by atoms with van der Waals surface area (Å²) in [6.07, 6.45) is 0.526. The van der Waals surface area contributed by atoms with Crippen LogP contribution in [-0.4, -0.2) is 38.4 Å². The molecule has 0 radical (unpaired) electrons. The number of sulfonamides is 1. The van der Waals surface area contributed by atoms with Gasteiger partial charge in [-0.1, -0.05) is 5.16 Å². The van der Waals surface area contributed by atoms with E-state index in [1.165, 1.54) is 0 Å². The number of aryl methyl sites for hydroxylation is 1. The number of hydrogen-bond donors (Lipinski definition) is 2. The van der Waals surface area contributed by atoms with E-state index < -0.39 is 10.0 Å². The first kappa shape index (κ1) is 14.4. The summed E-state index contributed by atoms with van der Waals surface area (Å²) in [5.74, 6) is 0.365. The van der Waals surface area contributed by atoms with Gasteiger partial charge in [-0.05, 0) is 20.3 Å². The molecule has 108 valence electrons. The van der Waals surface area contributed by atoms with Gasteiger partial charge in [-0.3, -0.25) is 0 Å². The van der Waals surface area contributed by atoms with E-state index in [4.69, 9.17) is 15.0 Å². The molecule has 0 aromatic carbocycles. The second-order valence-corrected chi connectivity index (χ2v) is 6.48. The molecule has 0 aliphatic heterocycles. The largest absolute Gasteiger partial charge is 0.377 e. The van der Waals surface area contributed by atoms with Crippen molar-refractivity contribution in [1.29, 1.82) is 0 Å². The van der Waals surface area contributed by atoms with Crippen LogP contribution in [0.15, 0.2) is 10.6 Å². The first-order valence-electron chi connectivity index (χ1n) is 6.20. The zero-order chi connectivity index (χ0) is 14.0. The predicted molar refractivity (Wildman–Crippen MR) is 68.8 cm³/mol. The van der Waals surface area contributed by atoms with Gasteiger partial charge < -0.3 is 15.0 Å². The lowest BCUT2D eigenvalue weighted by atomic mass is 9.84. The highest BCUT2D eigenvalue weighted by atomic mass is 32.2. The molecule has 0 saturated heterocycles. The average Bonchev–Trinajstić information content (AvgIpc) is 2.71. The van der Waals surface area contributed by atoms with Crippen molar-refractivity contribution in [2.24, 2.45) is 5.73 Å². The van der Waals surface area contributed by atoms with Gasteiger partial charge in [0.1, 0.15) is 17.2 Å². The summed E-state index contributed by atoms with van der Waals surface area (Å²) >= 11 is 0. The summed E-state index contributed by atoms with van der Waals surface area (Å²) in [6, 6.07) is 1.03. The maximum Gasteiger partial charge on any atom is 0.217 e. The quantitative estimate of drug-likeness (QED) is 0.757. The second kappa shape index (κ2) is 5.58. The van der Waals surface area contributed by atoms with Gasteiger partial charge >= 0.3 is 0 Å². The molecule has 0 bridgehead atoms. The van der Waals surface area contributed by atoms with Gasteiger partial charge in [0.25, 0.3) is 0 Å². The van der Waals surface area contributed by atoms with E-state index in [9.17, 15) is 8.42 Å². The number of ether oxygens (including phenoxy) is 1. The Hall–Kier alpha value is -0.960. The summed E-state index contributed by atoms with van der Waals surface area (Å²) in [5.41, 5.74) is 6.19. The minimum absolute atomic E-state index is 0.145. The Morgan fingerprint density at radius 1 is 1.63 bits per heavy atom. The standard InChI is InChI=1S/C11H19N3O4S/c1-3-17-10-5-9(12)11(10)14-19(15,16)6-8-4-7(2)18-13-8/h4,9-11,14H,3,5-6,12H2,1-2H3. The Bertz CT molecular complexity index is 526. The maximum absolute atomic E-state index is 12.0. The fourth-order valence-electron chi connectivity index (χ4n) is 2.12. The van der Waals surface area contributed by atoms with Crippen molar-refractivity contribution in [2.75, 3.05) is 6.61 Å². The Labute approximate surface area is 112 Å². The number of rotatable bonds is 6. The predicted octanol–water partition coefficient (Wildman–Crippen LogP) is -0.0929. The third kappa shape index (κ3) is 3.53. The van der Waals surface area contributed by atoms with Gasteiger partial charge in [0, 0.05) is 18.7 Å². The Kier molecular flexibility index (Phi) is 4.24. The molecule has 3 atom stereocenters. The minimum Gasteiger partial charge on any atom is -0.377 e. The van der Waals surface area contributed by atoms with Crippen molar-refractivity contribution in [3.63, 3.8) is 0 Å². The lowest BCUT2D eigenvalue weighted by Gasteiger charge is -2.42. The molecular formula is C11H19N3O4S. The molecule has 1 fully saturated rings. The van der Waals surface area contributed by atoms with Crippen molar-refractivity contribution in [2.45, 2.75) is 44.2 Å². The van der Waals surface area contributed by atoms with Crippen molar-refractivity contribution < 1.29 is 17.7 Å². The van der Waals surface area contributed by atoms with E-state index >= 15 is 0 Å². The molecule has 1 aromatic heterocycles. The van der Waals surface area contributed by atoms with Crippen molar-refractivity contribution in [3.05, 3.63) is 17.5 Å². The number of nitrogens with zero attached hydrogens (tertiary/aromatic N) is 1. The maximum atomic E-state index is 12.0. The van der Waals surface area contributed by atoms with Gasteiger partial charge in [0.15, 0.2) is 0 Å². The Balaban J connectivity index is 1.97. The molecular weight excluding hydrogens is 270 g/mol. The molecule has 8 heteroatoms. The third-order valence-corrected chi connectivity index (χ3v) is 4.38. The summed E-state index contributed by atoms with van der Waals surface area (Å²) < 4.78 is 36.8. The molecule has 3 unspecified atom stereocenters. The highest BCUT2D eigenvalue weighted by molar-refractivity contribution is 7.88. The van der Waals surface area contributed by atoms with Crippen molar-refractivity contribution in [3.8, 4) is 0 Å². The molecule has 1 heterocycles.